The Kier molecular flexibility index (Phi) is 5.50. The van der Waals surface area contributed by atoms with Crippen molar-refractivity contribution in [3.63, 3.8) is 0 Å². The van der Waals surface area contributed by atoms with Gasteiger partial charge < -0.3 is 10.0 Å². The van der Waals surface area contributed by atoms with Crippen molar-refractivity contribution in [3.05, 3.63) is 41.5 Å². The first kappa shape index (κ1) is 16.0. The highest BCUT2D eigenvalue weighted by Crippen LogP contribution is 2.10. The van der Waals surface area contributed by atoms with Crippen LogP contribution in [-0.2, 0) is 4.79 Å². The first-order valence-electron chi connectivity index (χ1n) is 6.66. The quantitative estimate of drug-likeness (QED) is 0.840. The molecule has 0 spiro atoms. The third-order valence-electron chi connectivity index (χ3n) is 2.92. The van der Waals surface area contributed by atoms with Crippen LogP contribution in [-0.4, -0.2) is 34.0 Å². The molecule has 0 aliphatic rings. The lowest BCUT2D eigenvalue weighted by Crippen LogP contribution is -2.41. The maximum absolute atomic E-state index is 12.1. The van der Waals surface area contributed by atoms with Crippen molar-refractivity contribution < 1.29 is 14.7 Å². The van der Waals surface area contributed by atoms with E-state index >= 15 is 0 Å². The summed E-state index contributed by atoms with van der Waals surface area (Å²) < 4.78 is 0. The van der Waals surface area contributed by atoms with Crippen molar-refractivity contribution in [2.24, 2.45) is 0 Å². The highest BCUT2D eigenvalue weighted by Gasteiger charge is 2.17. The van der Waals surface area contributed by atoms with Crippen LogP contribution in [0.25, 0.3) is 6.08 Å². The Bertz CT molecular complexity index is 510. The van der Waals surface area contributed by atoms with Crippen molar-refractivity contribution in [1.29, 1.82) is 0 Å². The Labute approximate surface area is 119 Å². The van der Waals surface area contributed by atoms with E-state index in [0.29, 0.717) is 5.56 Å². The van der Waals surface area contributed by atoms with E-state index in [1.165, 1.54) is 12.1 Å². The molecule has 0 fully saturated rings. The van der Waals surface area contributed by atoms with E-state index in [9.17, 15) is 9.59 Å². The topological polar surface area (TPSA) is 57.6 Å². The Morgan fingerprint density at radius 3 is 2.25 bits per heavy atom. The lowest BCUT2D eigenvalue weighted by Gasteiger charge is -2.29. The van der Waals surface area contributed by atoms with Gasteiger partial charge in [-0.25, -0.2) is 4.79 Å². The summed E-state index contributed by atoms with van der Waals surface area (Å²) in [5, 5.41) is 8.92. The van der Waals surface area contributed by atoms with Gasteiger partial charge in [0.05, 0.1) is 5.56 Å². The van der Waals surface area contributed by atoms with Crippen molar-refractivity contribution in [2.45, 2.75) is 39.8 Å². The van der Waals surface area contributed by atoms with Crippen LogP contribution in [0.3, 0.4) is 0 Å². The molecule has 0 radical (unpaired) electrons. The third kappa shape index (κ3) is 4.23. The van der Waals surface area contributed by atoms with E-state index < -0.39 is 5.97 Å². The molecule has 0 atom stereocenters. The zero-order valence-corrected chi connectivity index (χ0v) is 12.3. The second kappa shape index (κ2) is 6.89. The lowest BCUT2D eigenvalue weighted by atomic mass is 10.1. The number of aromatic carboxylic acids is 1. The first-order valence-corrected chi connectivity index (χ1v) is 6.66. The van der Waals surface area contributed by atoms with Gasteiger partial charge in [-0.05, 0) is 51.5 Å². The van der Waals surface area contributed by atoms with Gasteiger partial charge in [-0.1, -0.05) is 12.1 Å². The summed E-state index contributed by atoms with van der Waals surface area (Å²) in [6, 6.07) is 6.74. The Morgan fingerprint density at radius 1 is 1.15 bits per heavy atom. The molecule has 0 aliphatic carbocycles. The summed E-state index contributed by atoms with van der Waals surface area (Å²) in [4.78, 5) is 24.8. The fraction of sp³-hybridized carbons (Fsp3) is 0.375. The van der Waals surface area contributed by atoms with E-state index in [2.05, 4.69) is 0 Å². The van der Waals surface area contributed by atoms with Crippen LogP contribution < -0.4 is 0 Å². The van der Waals surface area contributed by atoms with Gasteiger partial charge in [0.15, 0.2) is 0 Å². The molecule has 0 unspecified atom stereocenters. The minimum absolute atomic E-state index is 0.0734. The molecule has 1 rings (SSSR count). The number of hydrogen-bond donors (Lipinski definition) is 1. The minimum Gasteiger partial charge on any atom is -0.478 e. The first-order chi connectivity index (χ1) is 9.32. The van der Waals surface area contributed by atoms with Gasteiger partial charge in [-0.3, -0.25) is 4.79 Å². The van der Waals surface area contributed by atoms with Gasteiger partial charge in [-0.15, -0.1) is 0 Å². The molecule has 0 saturated carbocycles. The van der Waals surface area contributed by atoms with Gasteiger partial charge in [0.1, 0.15) is 0 Å². The molecule has 4 nitrogen and oxygen atoms in total. The second-order valence-corrected chi connectivity index (χ2v) is 5.20. The van der Waals surface area contributed by atoms with Gasteiger partial charge in [-0.2, -0.15) is 0 Å². The maximum atomic E-state index is 12.1. The van der Waals surface area contributed by atoms with Crippen LogP contribution in [0.4, 0.5) is 0 Å². The molecular weight excluding hydrogens is 254 g/mol. The highest BCUT2D eigenvalue weighted by molar-refractivity contribution is 5.93. The minimum atomic E-state index is -0.974. The molecule has 1 aromatic rings. The van der Waals surface area contributed by atoms with Crippen LogP contribution in [0.2, 0.25) is 0 Å². The summed E-state index contributed by atoms with van der Waals surface area (Å²) in [5.41, 5.74) is 0.912. The largest absolute Gasteiger partial charge is 0.478 e. The molecule has 0 heterocycles. The fourth-order valence-corrected chi connectivity index (χ4v) is 2.13. The molecule has 20 heavy (non-hydrogen) atoms. The van der Waals surface area contributed by atoms with Crippen LogP contribution in [0.15, 0.2) is 30.3 Å². The Morgan fingerprint density at radius 2 is 1.75 bits per heavy atom. The van der Waals surface area contributed by atoms with E-state index in [0.717, 1.165) is 0 Å². The van der Waals surface area contributed by atoms with Crippen molar-refractivity contribution in [1.82, 2.24) is 4.90 Å². The van der Waals surface area contributed by atoms with Gasteiger partial charge in [0.25, 0.3) is 0 Å². The summed E-state index contributed by atoms with van der Waals surface area (Å²) in [6.07, 6.45) is 3.13. The number of carboxylic acids is 1. The smallest absolute Gasteiger partial charge is 0.335 e. The number of rotatable bonds is 5. The zero-order valence-electron chi connectivity index (χ0n) is 12.3. The van der Waals surface area contributed by atoms with E-state index in [1.54, 1.807) is 29.2 Å². The van der Waals surface area contributed by atoms with Crippen LogP contribution >= 0.6 is 0 Å². The molecule has 0 saturated heterocycles. The summed E-state index contributed by atoms with van der Waals surface area (Å²) in [5.74, 6) is -1.05. The molecule has 1 N–H and O–H groups in total. The number of benzene rings is 1. The van der Waals surface area contributed by atoms with Crippen LogP contribution in [0, 0.1) is 0 Å². The predicted octanol–water partition coefficient (Wildman–Crippen LogP) is 3.04. The number of hydrogen-bond acceptors (Lipinski definition) is 2. The van der Waals surface area contributed by atoms with Gasteiger partial charge >= 0.3 is 5.97 Å². The molecule has 108 valence electrons. The summed E-state index contributed by atoms with van der Waals surface area (Å²) in [7, 11) is 0. The molecule has 1 amide bonds. The van der Waals surface area contributed by atoms with Gasteiger partial charge in [0.2, 0.25) is 5.91 Å². The standard InChI is InChI=1S/C16H21NO3/c1-11(2)17(12(3)4)15(18)9-8-13-6-5-7-14(10-13)16(19)20/h5-12H,1-4H3,(H,19,20). The highest BCUT2D eigenvalue weighted by atomic mass is 16.4. The lowest BCUT2D eigenvalue weighted by molar-refractivity contribution is -0.129. The number of carbonyl (C=O) groups is 2. The molecule has 4 heteroatoms. The predicted molar refractivity (Wildman–Crippen MR) is 79.6 cm³/mol. The van der Waals surface area contributed by atoms with Crippen molar-refractivity contribution in [3.8, 4) is 0 Å². The number of amides is 1. The molecule has 0 bridgehead atoms. The average Bonchev–Trinajstić information content (AvgIpc) is 2.35. The average molecular weight is 275 g/mol. The zero-order chi connectivity index (χ0) is 15.3. The molecular formula is C16H21NO3. The van der Waals surface area contributed by atoms with Crippen LogP contribution in [0.1, 0.15) is 43.6 Å². The van der Waals surface area contributed by atoms with E-state index in [4.69, 9.17) is 5.11 Å². The molecule has 0 aromatic heterocycles. The Balaban J connectivity index is 2.89. The number of nitrogens with zero attached hydrogens (tertiary/aromatic N) is 1. The fourth-order valence-electron chi connectivity index (χ4n) is 2.13. The monoisotopic (exact) mass is 275 g/mol. The Hall–Kier alpha value is -2.10. The van der Waals surface area contributed by atoms with E-state index in [-0.39, 0.29) is 23.6 Å². The SMILES string of the molecule is CC(C)N(C(=O)C=Cc1cccc(C(=O)O)c1)C(C)C. The summed E-state index contributed by atoms with van der Waals surface area (Å²) >= 11 is 0. The van der Waals surface area contributed by atoms with Crippen LogP contribution in [0.5, 0.6) is 0 Å². The molecule has 0 aliphatic heterocycles. The van der Waals surface area contributed by atoms with Crippen molar-refractivity contribution in [2.75, 3.05) is 0 Å². The summed E-state index contributed by atoms with van der Waals surface area (Å²) in [6.45, 7) is 7.88. The van der Waals surface area contributed by atoms with E-state index in [1.807, 2.05) is 27.7 Å². The van der Waals surface area contributed by atoms with Crippen molar-refractivity contribution >= 4 is 18.0 Å². The molecule has 1 aromatic carbocycles. The maximum Gasteiger partial charge on any atom is 0.335 e. The number of carbonyl (C=O) groups excluding carboxylic acids is 1. The second-order valence-electron chi connectivity index (χ2n) is 5.20. The third-order valence-corrected chi connectivity index (χ3v) is 2.92. The number of carboxylic acid groups (broad SMARTS) is 1. The van der Waals surface area contributed by atoms with Gasteiger partial charge in [0, 0.05) is 18.2 Å². The normalized spacial score (nSPS) is 11.3.